The van der Waals surface area contributed by atoms with E-state index in [2.05, 4.69) is 36.1 Å². The van der Waals surface area contributed by atoms with Gasteiger partial charge in [0.25, 0.3) is 0 Å². The van der Waals surface area contributed by atoms with Crippen molar-refractivity contribution in [2.24, 2.45) is 0 Å². The molecular formula is C11H16BrNS. The van der Waals surface area contributed by atoms with Crippen molar-refractivity contribution in [1.82, 2.24) is 0 Å². The summed E-state index contributed by atoms with van der Waals surface area (Å²) in [5.74, 6) is 1.14. The summed E-state index contributed by atoms with van der Waals surface area (Å²) in [6.45, 7) is 3.45. The van der Waals surface area contributed by atoms with Crippen molar-refractivity contribution in [3.63, 3.8) is 0 Å². The van der Waals surface area contributed by atoms with Crippen molar-refractivity contribution in [2.75, 3.05) is 17.3 Å². The highest BCUT2D eigenvalue weighted by molar-refractivity contribution is 8.93. The van der Waals surface area contributed by atoms with Crippen molar-refractivity contribution < 1.29 is 0 Å². The fraction of sp³-hybridized carbons (Fsp3) is 0.455. The van der Waals surface area contributed by atoms with Crippen LogP contribution in [0.1, 0.15) is 19.8 Å². The van der Waals surface area contributed by atoms with E-state index in [0.717, 1.165) is 5.88 Å². The zero-order chi connectivity index (χ0) is 9.10. The molecule has 0 saturated heterocycles. The Morgan fingerprint density at radius 2 is 2.14 bits per heavy atom. The molecule has 14 heavy (non-hydrogen) atoms. The fourth-order valence-corrected chi connectivity index (χ4v) is 2.67. The van der Waals surface area contributed by atoms with Gasteiger partial charge in [-0.2, -0.15) is 0 Å². The van der Waals surface area contributed by atoms with E-state index in [1.54, 1.807) is 0 Å². The number of para-hydroxylation sites is 1. The molecule has 0 atom stereocenters. The molecular weight excluding hydrogens is 258 g/mol. The molecule has 1 nitrogen and oxygen atoms in total. The first-order valence-corrected chi connectivity index (χ1v) is 5.87. The second kappa shape index (κ2) is 5.66. The van der Waals surface area contributed by atoms with E-state index in [4.69, 9.17) is 0 Å². The predicted octanol–water partition coefficient (Wildman–Crippen LogP) is 3.93. The summed E-state index contributed by atoms with van der Waals surface area (Å²) >= 11 is 1.95. The third-order valence-electron chi connectivity index (χ3n) is 2.36. The first kappa shape index (κ1) is 11.9. The molecule has 1 aliphatic heterocycles. The van der Waals surface area contributed by atoms with Crippen molar-refractivity contribution in [1.29, 1.82) is 0 Å². The van der Waals surface area contributed by atoms with E-state index in [1.807, 2.05) is 11.8 Å². The minimum atomic E-state index is 0. The summed E-state index contributed by atoms with van der Waals surface area (Å²) in [5, 5.41) is 0. The van der Waals surface area contributed by atoms with Gasteiger partial charge in [0, 0.05) is 11.4 Å². The van der Waals surface area contributed by atoms with Gasteiger partial charge in [0.2, 0.25) is 0 Å². The number of thioether (sulfide) groups is 1. The third kappa shape index (κ3) is 2.45. The zero-order valence-electron chi connectivity index (χ0n) is 8.40. The molecule has 3 heteroatoms. The minimum absolute atomic E-state index is 0. The number of unbranched alkanes of at least 4 members (excludes halogenated alkanes) is 1. The highest BCUT2D eigenvalue weighted by Crippen LogP contribution is 2.37. The second-order valence-corrected chi connectivity index (χ2v) is 4.34. The number of rotatable bonds is 3. The summed E-state index contributed by atoms with van der Waals surface area (Å²) in [7, 11) is 0. The lowest BCUT2D eigenvalue weighted by atomic mass is 10.2. The van der Waals surface area contributed by atoms with Gasteiger partial charge >= 0.3 is 0 Å². The first-order valence-electron chi connectivity index (χ1n) is 4.88. The highest BCUT2D eigenvalue weighted by atomic mass is 79.9. The van der Waals surface area contributed by atoms with E-state index < -0.39 is 0 Å². The fourth-order valence-electron chi connectivity index (χ4n) is 1.59. The monoisotopic (exact) mass is 273 g/mol. The molecule has 0 unspecified atom stereocenters. The SMILES string of the molecule is Br.CCCCN1CSc2ccccc21. The lowest BCUT2D eigenvalue weighted by molar-refractivity contribution is 0.761. The Morgan fingerprint density at radius 1 is 1.36 bits per heavy atom. The summed E-state index contributed by atoms with van der Waals surface area (Å²) in [5.41, 5.74) is 1.43. The Kier molecular flexibility index (Phi) is 4.82. The summed E-state index contributed by atoms with van der Waals surface area (Å²) in [6.07, 6.45) is 2.58. The number of fused-ring (bicyclic) bond motifs is 1. The van der Waals surface area contributed by atoms with Gasteiger partial charge in [0.05, 0.1) is 11.6 Å². The number of benzene rings is 1. The normalized spacial score (nSPS) is 13.6. The molecule has 0 bridgehead atoms. The minimum Gasteiger partial charge on any atom is -0.361 e. The molecule has 0 spiro atoms. The molecule has 0 aliphatic carbocycles. The largest absolute Gasteiger partial charge is 0.361 e. The van der Waals surface area contributed by atoms with Crippen LogP contribution >= 0.6 is 28.7 Å². The van der Waals surface area contributed by atoms with Gasteiger partial charge in [-0.05, 0) is 18.6 Å². The number of anilines is 1. The van der Waals surface area contributed by atoms with Crippen LogP contribution in [0.3, 0.4) is 0 Å². The van der Waals surface area contributed by atoms with Gasteiger partial charge in [0.15, 0.2) is 0 Å². The standard InChI is InChI=1S/C11H15NS.BrH/c1-2-3-8-12-9-13-11-7-5-4-6-10(11)12;/h4-7H,2-3,8-9H2,1H3;1H. The molecule has 0 fully saturated rings. The maximum absolute atomic E-state index is 2.48. The molecule has 0 radical (unpaired) electrons. The van der Waals surface area contributed by atoms with E-state index in [9.17, 15) is 0 Å². The second-order valence-electron chi connectivity index (χ2n) is 3.36. The summed E-state index contributed by atoms with van der Waals surface area (Å²) < 4.78 is 0. The van der Waals surface area contributed by atoms with E-state index in [0.29, 0.717) is 0 Å². The quantitative estimate of drug-likeness (QED) is 0.821. The number of hydrogen-bond acceptors (Lipinski definition) is 2. The molecule has 1 aliphatic rings. The van der Waals surface area contributed by atoms with Gasteiger partial charge in [0.1, 0.15) is 0 Å². The molecule has 1 aromatic rings. The summed E-state index contributed by atoms with van der Waals surface area (Å²) in [4.78, 5) is 3.92. The Balaban J connectivity index is 0.000000980. The van der Waals surface area contributed by atoms with Crippen LogP contribution in [-0.4, -0.2) is 12.4 Å². The molecule has 0 saturated carbocycles. The average molecular weight is 274 g/mol. The zero-order valence-corrected chi connectivity index (χ0v) is 10.9. The lowest BCUT2D eigenvalue weighted by Crippen LogP contribution is -2.19. The Labute approximate surface area is 101 Å². The smallest absolute Gasteiger partial charge is 0.0686 e. The van der Waals surface area contributed by atoms with Crippen LogP contribution in [0, 0.1) is 0 Å². The lowest BCUT2D eigenvalue weighted by Gasteiger charge is -2.17. The van der Waals surface area contributed by atoms with Crippen LogP contribution < -0.4 is 4.90 Å². The van der Waals surface area contributed by atoms with Crippen molar-refractivity contribution in [2.45, 2.75) is 24.7 Å². The topological polar surface area (TPSA) is 3.24 Å². The van der Waals surface area contributed by atoms with E-state index in [1.165, 1.54) is 30.0 Å². The van der Waals surface area contributed by atoms with Crippen LogP contribution in [0.4, 0.5) is 5.69 Å². The van der Waals surface area contributed by atoms with Crippen LogP contribution in [0.25, 0.3) is 0 Å². The van der Waals surface area contributed by atoms with E-state index >= 15 is 0 Å². The molecule has 0 N–H and O–H groups in total. The van der Waals surface area contributed by atoms with Gasteiger partial charge in [-0.3, -0.25) is 0 Å². The van der Waals surface area contributed by atoms with Gasteiger partial charge in [-0.1, -0.05) is 25.5 Å². The Bertz CT molecular complexity index is 290. The Morgan fingerprint density at radius 3 is 2.93 bits per heavy atom. The first-order chi connectivity index (χ1) is 6.42. The van der Waals surface area contributed by atoms with E-state index in [-0.39, 0.29) is 17.0 Å². The van der Waals surface area contributed by atoms with Gasteiger partial charge in [-0.25, -0.2) is 0 Å². The predicted molar refractivity (Wildman–Crippen MR) is 69.7 cm³/mol. The maximum Gasteiger partial charge on any atom is 0.0686 e. The number of nitrogens with zero attached hydrogens (tertiary/aromatic N) is 1. The molecule has 1 aromatic carbocycles. The van der Waals surface area contributed by atoms with Crippen LogP contribution in [0.5, 0.6) is 0 Å². The number of halogens is 1. The van der Waals surface area contributed by atoms with Gasteiger partial charge in [-0.15, -0.1) is 28.7 Å². The molecule has 0 aromatic heterocycles. The van der Waals surface area contributed by atoms with Crippen molar-refractivity contribution in [3.8, 4) is 0 Å². The Hall–Kier alpha value is -0.150. The molecule has 1 heterocycles. The highest BCUT2D eigenvalue weighted by Gasteiger charge is 2.17. The van der Waals surface area contributed by atoms with Gasteiger partial charge < -0.3 is 4.90 Å². The molecule has 0 amide bonds. The molecule has 78 valence electrons. The third-order valence-corrected chi connectivity index (χ3v) is 3.46. The number of hydrogen-bond donors (Lipinski definition) is 0. The summed E-state index contributed by atoms with van der Waals surface area (Å²) in [6, 6.07) is 8.69. The maximum atomic E-state index is 2.48. The van der Waals surface area contributed by atoms with Crippen LogP contribution in [-0.2, 0) is 0 Å². The molecule has 2 rings (SSSR count). The van der Waals surface area contributed by atoms with Crippen LogP contribution in [0.2, 0.25) is 0 Å². The van der Waals surface area contributed by atoms with Crippen LogP contribution in [0.15, 0.2) is 29.2 Å². The van der Waals surface area contributed by atoms with Crippen molar-refractivity contribution in [3.05, 3.63) is 24.3 Å². The average Bonchev–Trinajstić information content (AvgIpc) is 2.58. The van der Waals surface area contributed by atoms with Crippen molar-refractivity contribution >= 4 is 34.4 Å².